The number of rotatable bonds is 8. The van der Waals surface area contributed by atoms with Crippen LogP contribution in [0.4, 0.5) is 0 Å². The van der Waals surface area contributed by atoms with Crippen LogP contribution in [0.5, 0.6) is 0 Å². The zero-order valence-corrected chi connectivity index (χ0v) is 14.2. The number of carbonyl (C=O) groups excluding carboxylic acids is 1. The van der Waals surface area contributed by atoms with Crippen LogP contribution in [0.25, 0.3) is 0 Å². The SMILES string of the molecule is CC1CCCC(CCCCCCC2CCC(C=O)CC2)C1. The van der Waals surface area contributed by atoms with Crippen molar-refractivity contribution in [3.63, 3.8) is 0 Å². The first-order valence-corrected chi connectivity index (χ1v) is 9.73. The van der Waals surface area contributed by atoms with Gasteiger partial charge in [0.15, 0.2) is 0 Å². The topological polar surface area (TPSA) is 17.1 Å². The van der Waals surface area contributed by atoms with Crippen molar-refractivity contribution in [3.05, 3.63) is 0 Å². The number of hydrogen-bond donors (Lipinski definition) is 0. The molecule has 2 unspecified atom stereocenters. The monoisotopic (exact) mass is 292 g/mol. The molecule has 0 N–H and O–H groups in total. The number of unbranched alkanes of at least 4 members (excludes halogenated alkanes) is 3. The normalized spacial score (nSPS) is 33.8. The predicted molar refractivity (Wildman–Crippen MR) is 90.3 cm³/mol. The summed E-state index contributed by atoms with van der Waals surface area (Å²) in [5, 5.41) is 0. The Morgan fingerprint density at radius 3 is 2.10 bits per heavy atom. The summed E-state index contributed by atoms with van der Waals surface area (Å²) in [5.41, 5.74) is 0. The molecule has 0 amide bonds. The molecule has 2 fully saturated rings. The Morgan fingerprint density at radius 2 is 1.48 bits per heavy atom. The minimum absolute atomic E-state index is 0.388. The summed E-state index contributed by atoms with van der Waals surface area (Å²) in [4.78, 5) is 10.7. The fourth-order valence-electron chi connectivity index (χ4n) is 4.65. The molecule has 0 aromatic carbocycles. The zero-order chi connectivity index (χ0) is 14.9. The molecule has 2 saturated carbocycles. The molecule has 0 aromatic heterocycles. The average molecular weight is 293 g/mol. The zero-order valence-electron chi connectivity index (χ0n) is 14.2. The first kappa shape index (κ1) is 17.0. The average Bonchev–Trinajstić information content (AvgIpc) is 2.51. The van der Waals surface area contributed by atoms with Crippen molar-refractivity contribution in [2.75, 3.05) is 0 Å². The predicted octanol–water partition coefficient (Wildman–Crippen LogP) is 6.16. The van der Waals surface area contributed by atoms with Crippen LogP contribution in [0.1, 0.15) is 96.8 Å². The molecule has 0 aliphatic heterocycles. The molecule has 2 aliphatic carbocycles. The maximum atomic E-state index is 10.7. The summed E-state index contributed by atoms with van der Waals surface area (Å²) in [6, 6.07) is 0. The molecule has 2 aliphatic rings. The smallest absolute Gasteiger partial charge is 0.123 e. The second kappa shape index (κ2) is 9.64. The molecule has 1 nitrogen and oxygen atoms in total. The van der Waals surface area contributed by atoms with Gasteiger partial charge in [0.25, 0.3) is 0 Å². The van der Waals surface area contributed by atoms with E-state index in [1.54, 1.807) is 0 Å². The summed E-state index contributed by atoms with van der Waals surface area (Å²) in [6.45, 7) is 2.44. The maximum absolute atomic E-state index is 10.7. The Kier molecular flexibility index (Phi) is 7.82. The molecule has 122 valence electrons. The Hall–Kier alpha value is -0.330. The Balaban J connectivity index is 1.42. The molecule has 0 radical (unpaired) electrons. The van der Waals surface area contributed by atoms with Crippen molar-refractivity contribution in [1.29, 1.82) is 0 Å². The quantitative estimate of drug-likeness (QED) is 0.387. The lowest BCUT2D eigenvalue weighted by atomic mass is 9.79. The summed E-state index contributed by atoms with van der Waals surface area (Å²) < 4.78 is 0. The van der Waals surface area contributed by atoms with Gasteiger partial charge in [0, 0.05) is 5.92 Å². The third-order valence-electron chi connectivity index (χ3n) is 6.10. The molecule has 0 spiro atoms. The fraction of sp³-hybridized carbons (Fsp3) is 0.950. The van der Waals surface area contributed by atoms with Gasteiger partial charge < -0.3 is 4.79 Å². The highest BCUT2D eigenvalue weighted by molar-refractivity contribution is 5.53. The second-order valence-corrected chi connectivity index (χ2v) is 8.05. The Morgan fingerprint density at radius 1 is 0.810 bits per heavy atom. The van der Waals surface area contributed by atoms with Crippen LogP contribution in [-0.4, -0.2) is 6.29 Å². The van der Waals surface area contributed by atoms with Crippen LogP contribution in [0.2, 0.25) is 0 Å². The Bertz CT molecular complexity index is 278. The van der Waals surface area contributed by atoms with Crippen molar-refractivity contribution in [2.24, 2.45) is 23.7 Å². The molecule has 0 saturated heterocycles. The first-order valence-electron chi connectivity index (χ1n) is 9.73. The van der Waals surface area contributed by atoms with E-state index in [1.807, 2.05) is 0 Å². The van der Waals surface area contributed by atoms with Crippen LogP contribution in [-0.2, 0) is 4.79 Å². The molecule has 21 heavy (non-hydrogen) atoms. The Labute approximate surface area is 132 Å². The summed E-state index contributed by atoms with van der Waals surface area (Å²) >= 11 is 0. The number of hydrogen-bond acceptors (Lipinski definition) is 1. The van der Waals surface area contributed by atoms with E-state index in [-0.39, 0.29) is 0 Å². The van der Waals surface area contributed by atoms with E-state index in [9.17, 15) is 4.79 Å². The van der Waals surface area contributed by atoms with E-state index in [4.69, 9.17) is 0 Å². The molecule has 0 heterocycles. The van der Waals surface area contributed by atoms with Crippen molar-refractivity contribution < 1.29 is 4.79 Å². The van der Waals surface area contributed by atoms with Crippen LogP contribution < -0.4 is 0 Å². The minimum Gasteiger partial charge on any atom is -0.303 e. The van der Waals surface area contributed by atoms with Crippen molar-refractivity contribution >= 4 is 6.29 Å². The van der Waals surface area contributed by atoms with Crippen molar-refractivity contribution in [1.82, 2.24) is 0 Å². The van der Waals surface area contributed by atoms with E-state index in [1.165, 1.54) is 83.3 Å². The highest BCUT2D eigenvalue weighted by atomic mass is 16.1. The van der Waals surface area contributed by atoms with Gasteiger partial charge >= 0.3 is 0 Å². The third kappa shape index (κ3) is 6.53. The van der Waals surface area contributed by atoms with Crippen molar-refractivity contribution in [2.45, 2.75) is 96.8 Å². The molecular formula is C20H36O. The van der Waals surface area contributed by atoms with Gasteiger partial charge in [-0.15, -0.1) is 0 Å². The summed E-state index contributed by atoms with van der Waals surface area (Å²) in [6.07, 6.45) is 20.8. The largest absolute Gasteiger partial charge is 0.303 e. The third-order valence-corrected chi connectivity index (χ3v) is 6.10. The second-order valence-electron chi connectivity index (χ2n) is 8.05. The van der Waals surface area contributed by atoms with Gasteiger partial charge in [0.1, 0.15) is 6.29 Å². The fourth-order valence-corrected chi connectivity index (χ4v) is 4.65. The van der Waals surface area contributed by atoms with E-state index in [0.29, 0.717) is 5.92 Å². The van der Waals surface area contributed by atoms with E-state index in [0.717, 1.165) is 30.6 Å². The molecular weight excluding hydrogens is 256 g/mol. The van der Waals surface area contributed by atoms with Crippen LogP contribution in [0.15, 0.2) is 0 Å². The lowest BCUT2D eigenvalue weighted by molar-refractivity contribution is -0.112. The van der Waals surface area contributed by atoms with E-state index >= 15 is 0 Å². The van der Waals surface area contributed by atoms with Crippen molar-refractivity contribution in [3.8, 4) is 0 Å². The number of aldehydes is 1. The molecule has 2 atom stereocenters. The van der Waals surface area contributed by atoms with E-state index < -0.39 is 0 Å². The summed E-state index contributed by atoms with van der Waals surface area (Å²) in [5.74, 6) is 3.36. The first-order chi connectivity index (χ1) is 10.3. The van der Waals surface area contributed by atoms with E-state index in [2.05, 4.69) is 6.92 Å². The molecule has 2 rings (SSSR count). The molecule has 0 aromatic rings. The van der Waals surface area contributed by atoms with Gasteiger partial charge in [-0.2, -0.15) is 0 Å². The van der Waals surface area contributed by atoms with Gasteiger partial charge in [0.05, 0.1) is 0 Å². The molecule has 1 heteroatoms. The molecule has 0 bridgehead atoms. The lowest BCUT2D eigenvalue weighted by Crippen LogP contribution is -2.15. The van der Waals surface area contributed by atoms with Crippen LogP contribution in [0, 0.1) is 23.7 Å². The van der Waals surface area contributed by atoms with Gasteiger partial charge in [-0.1, -0.05) is 64.7 Å². The van der Waals surface area contributed by atoms with Gasteiger partial charge in [-0.25, -0.2) is 0 Å². The number of carbonyl (C=O) groups is 1. The van der Waals surface area contributed by atoms with Gasteiger partial charge in [0.2, 0.25) is 0 Å². The highest BCUT2D eigenvalue weighted by Gasteiger charge is 2.20. The lowest BCUT2D eigenvalue weighted by Gasteiger charge is -2.26. The van der Waals surface area contributed by atoms with Gasteiger partial charge in [-0.05, 0) is 49.9 Å². The van der Waals surface area contributed by atoms with Gasteiger partial charge in [-0.3, -0.25) is 0 Å². The maximum Gasteiger partial charge on any atom is 0.123 e. The summed E-state index contributed by atoms with van der Waals surface area (Å²) in [7, 11) is 0. The highest BCUT2D eigenvalue weighted by Crippen LogP contribution is 2.33. The van der Waals surface area contributed by atoms with Crippen LogP contribution >= 0.6 is 0 Å². The standard InChI is InChI=1S/C20H36O/c1-17-7-6-10-19(15-17)9-5-3-2-4-8-18-11-13-20(16-21)14-12-18/h16-20H,2-15H2,1H3. The van der Waals surface area contributed by atoms with Crippen LogP contribution in [0.3, 0.4) is 0 Å². The minimum atomic E-state index is 0.388.